The van der Waals surface area contributed by atoms with E-state index in [4.69, 9.17) is 14.2 Å². The van der Waals surface area contributed by atoms with Gasteiger partial charge >= 0.3 is 5.97 Å². The van der Waals surface area contributed by atoms with E-state index in [1.54, 1.807) is 18.2 Å². The van der Waals surface area contributed by atoms with Crippen LogP contribution in [0, 0.1) is 5.92 Å². The number of methoxy groups -OCH3 is 1. The van der Waals surface area contributed by atoms with Gasteiger partial charge in [0.05, 0.1) is 13.2 Å². The Morgan fingerprint density at radius 3 is 2.67 bits per heavy atom. The molecule has 0 saturated heterocycles. The van der Waals surface area contributed by atoms with Crippen LogP contribution in [-0.2, 0) is 14.3 Å². The maximum absolute atomic E-state index is 13.1. The van der Waals surface area contributed by atoms with Crippen LogP contribution in [0.3, 0.4) is 0 Å². The third kappa shape index (κ3) is 5.22. The predicted molar refractivity (Wildman–Crippen MR) is 104 cm³/mol. The van der Waals surface area contributed by atoms with Gasteiger partial charge in [0, 0.05) is 12.3 Å². The molecule has 0 heterocycles. The number of carbonyl (C=O) groups is 2. The van der Waals surface area contributed by atoms with Crippen LogP contribution in [0.4, 0.5) is 5.69 Å². The normalized spacial score (nSPS) is 22.4. The van der Waals surface area contributed by atoms with Crippen molar-refractivity contribution in [1.82, 2.24) is 0 Å². The fourth-order valence-corrected chi connectivity index (χ4v) is 3.66. The van der Waals surface area contributed by atoms with Crippen molar-refractivity contribution in [3.05, 3.63) is 23.8 Å². The standard InChI is InChI=1S/C21H31NO5/c1-6-26-21(11-7-8-15(4)13-21)20(24)22-16-9-10-18(27-14(2)3)17(12-16)19(23)25-5/h9-10,12,14-15H,6-8,11,13H2,1-5H3,(H,22,24)/t15-,21+/m0/s1. The quantitative estimate of drug-likeness (QED) is 0.722. The molecule has 150 valence electrons. The number of hydrogen-bond acceptors (Lipinski definition) is 5. The molecule has 1 fully saturated rings. The van der Waals surface area contributed by atoms with Crippen LogP contribution in [0.15, 0.2) is 18.2 Å². The summed E-state index contributed by atoms with van der Waals surface area (Å²) in [6.07, 6.45) is 3.39. The largest absolute Gasteiger partial charge is 0.490 e. The molecule has 0 spiro atoms. The van der Waals surface area contributed by atoms with E-state index < -0.39 is 11.6 Å². The number of carbonyl (C=O) groups excluding carboxylic acids is 2. The van der Waals surface area contributed by atoms with Crippen molar-refractivity contribution in [2.75, 3.05) is 19.0 Å². The van der Waals surface area contributed by atoms with E-state index in [1.807, 2.05) is 20.8 Å². The number of rotatable bonds is 7. The van der Waals surface area contributed by atoms with E-state index in [-0.39, 0.29) is 17.6 Å². The molecule has 0 bridgehead atoms. The average molecular weight is 377 g/mol. The first-order valence-corrected chi connectivity index (χ1v) is 9.65. The molecule has 0 aromatic heterocycles. The lowest BCUT2D eigenvalue weighted by atomic mass is 9.78. The van der Waals surface area contributed by atoms with Crippen LogP contribution in [0.1, 0.15) is 63.7 Å². The van der Waals surface area contributed by atoms with Gasteiger partial charge in [-0.05, 0) is 64.2 Å². The van der Waals surface area contributed by atoms with Crippen LogP contribution < -0.4 is 10.1 Å². The fourth-order valence-electron chi connectivity index (χ4n) is 3.66. The molecule has 6 nitrogen and oxygen atoms in total. The van der Waals surface area contributed by atoms with Crippen molar-refractivity contribution in [3.8, 4) is 5.75 Å². The van der Waals surface area contributed by atoms with Gasteiger partial charge in [-0.3, -0.25) is 4.79 Å². The zero-order valence-corrected chi connectivity index (χ0v) is 17.0. The molecular formula is C21H31NO5. The van der Waals surface area contributed by atoms with Gasteiger partial charge in [-0.25, -0.2) is 4.79 Å². The Bertz CT molecular complexity index is 669. The van der Waals surface area contributed by atoms with Gasteiger partial charge in [0.1, 0.15) is 16.9 Å². The van der Waals surface area contributed by atoms with Crippen molar-refractivity contribution >= 4 is 17.6 Å². The molecule has 2 atom stereocenters. The summed E-state index contributed by atoms with van der Waals surface area (Å²) in [6, 6.07) is 5.00. The van der Waals surface area contributed by atoms with Crippen LogP contribution >= 0.6 is 0 Å². The Morgan fingerprint density at radius 2 is 2.07 bits per heavy atom. The van der Waals surface area contributed by atoms with Gasteiger partial charge < -0.3 is 19.5 Å². The van der Waals surface area contributed by atoms with Crippen molar-refractivity contribution < 1.29 is 23.8 Å². The molecule has 6 heteroatoms. The van der Waals surface area contributed by atoms with Gasteiger partial charge in [0.2, 0.25) is 0 Å². The summed E-state index contributed by atoms with van der Waals surface area (Å²) in [4.78, 5) is 25.2. The van der Waals surface area contributed by atoms with Gasteiger partial charge in [-0.1, -0.05) is 13.3 Å². The van der Waals surface area contributed by atoms with E-state index in [1.165, 1.54) is 7.11 Å². The van der Waals surface area contributed by atoms with E-state index in [0.29, 0.717) is 36.8 Å². The van der Waals surface area contributed by atoms with Crippen molar-refractivity contribution in [2.45, 2.75) is 65.1 Å². The summed E-state index contributed by atoms with van der Waals surface area (Å²) in [5, 5.41) is 2.93. The molecular weight excluding hydrogens is 346 g/mol. The molecule has 27 heavy (non-hydrogen) atoms. The molecule has 1 aliphatic rings. The second kappa shape index (κ2) is 9.22. The number of amides is 1. The highest BCUT2D eigenvalue weighted by atomic mass is 16.5. The van der Waals surface area contributed by atoms with Gasteiger partial charge in [0.15, 0.2) is 0 Å². The maximum atomic E-state index is 13.1. The first-order chi connectivity index (χ1) is 12.8. The minimum Gasteiger partial charge on any atom is -0.490 e. The highest BCUT2D eigenvalue weighted by molar-refractivity contribution is 5.99. The molecule has 1 saturated carbocycles. The lowest BCUT2D eigenvalue weighted by Crippen LogP contribution is -2.48. The zero-order valence-electron chi connectivity index (χ0n) is 17.0. The molecule has 1 N–H and O–H groups in total. The molecule has 1 amide bonds. The third-order valence-corrected chi connectivity index (χ3v) is 4.80. The Kier molecular flexibility index (Phi) is 7.25. The van der Waals surface area contributed by atoms with Crippen LogP contribution in [-0.4, -0.2) is 37.3 Å². The number of hydrogen-bond donors (Lipinski definition) is 1. The second-order valence-electron chi connectivity index (χ2n) is 7.45. The molecule has 0 aliphatic heterocycles. The summed E-state index contributed by atoms with van der Waals surface area (Å²) >= 11 is 0. The topological polar surface area (TPSA) is 73.9 Å². The molecule has 0 unspecified atom stereocenters. The Labute approximate surface area is 161 Å². The summed E-state index contributed by atoms with van der Waals surface area (Å²) in [7, 11) is 1.32. The number of anilines is 1. The summed E-state index contributed by atoms with van der Waals surface area (Å²) < 4.78 is 16.5. The van der Waals surface area contributed by atoms with E-state index in [2.05, 4.69) is 12.2 Å². The average Bonchev–Trinajstić information content (AvgIpc) is 2.62. The number of benzene rings is 1. The molecule has 1 aliphatic carbocycles. The smallest absolute Gasteiger partial charge is 0.341 e. The highest BCUT2D eigenvalue weighted by Gasteiger charge is 2.42. The number of nitrogens with one attached hydrogen (secondary N) is 1. The lowest BCUT2D eigenvalue weighted by molar-refractivity contribution is -0.147. The van der Waals surface area contributed by atoms with E-state index >= 15 is 0 Å². The maximum Gasteiger partial charge on any atom is 0.341 e. The summed E-state index contributed by atoms with van der Waals surface area (Å²) in [6.45, 7) is 8.30. The van der Waals surface area contributed by atoms with E-state index in [9.17, 15) is 9.59 Å². The van der Waals surface area contributed by atoms with Crippen molar-refractivity contribution in [2.24, 2.45) is 5.92 Å². The van der Waals surface area contributed by atoms with E-state index in [0.717, 1.165) is 12.8 Å². The second-order valence-corrected chi connectivity index (χ2v) is 7.45. The van der Waals surface area contributed by atoms with Crippen molar-refractivity contribution in [3.63, 3.8) is 0 Å². The molecule has 1 aromatic rings. The SMILES string of the molecule is CCO[C@]1(C(=O)Nc2ccc(OC(C)C)c(C(=O)OC)c2)CCC[C@H](C)C1. The van der Waals surface area contributed by atoms with Gasteiger partial charge in [-0.2, -0.15) is 0 Å². The fraction of sp³-hybridized carbons (Fsp3) is 0.619. The summed E-state index contributed by atoms with van der Waals surface area (Å²) in [5.74, 6) is 0.195. The zero-order chi connectivity index (χ0) is 20.0. The Hall–Kier alpha value is -2.08. The molecule has 1 aromatic carbocycles. The Morgan fingerprint density at radius 1 is 1.33 bits per heavy atom. The first-order valence-electron chi connectivity index (χ1n) is 9.65. The minimum atomic E-state index is -0.815. The van der Waals surface area contributed by atoms with Crippen molar-refractivity contribution in [1.29, 1.82) is 0 Å². The lowest BCUT2D eigenvalue weighted by Gasteiger charge is -2.38. The monoisotopic (exact) mass is 377 g/mol. The minimum absolute atomic E-state index is 0.0844. The van der Waals surface area contributed by atoms with Crippen LogP contribution in [0.5, 0.6) is 5.75 Å². The third-order valence-electron chi connectivity index (χ3n) is 4.80. The van der Waals surface area contributed by atoms with Crippen LogP contribution in [0.25, 0.3) is 0 Å². The summed E-state index contributed by atoms with van der Waals surface area (Å²) in [5.41, 5.74) is -0.00872. The molecule has 2 rings (SSSR count). The predicted octanol–water partition coefficient (Wildman–Crippen LogP) is 4.18. The molecule has 0 radical (unpaired) electrons. The number of esters is 1. The van der Waals surface area contributed by atoms with Crippen LogP contribution in [0.2, 0.25) is 0 Å². The van der Waals surface area contributed by atoms with Gasteiger partial charge in [-0.15, -0.1) is 0 Å². The van der Waals surface area contributed by atoms with Gasteiger partial charge in [0.25, 0.3) is 5.91 Å². The Balaban J connectivity index is 2.26. The number of ether oxygens (including phenoxy) is 3. The highest BCUT2D eigenvalue weighted by Crippen LogP contribution is 2.36. The first kappa shape index (κ1) is 21.2.